The molecule has 0 radical (unpaired) electrons. The molecule has 94 valence electrons. The van der Waals surface area contributed by atoms with E-state index in [2.05, 4.69) is 40.2 Å². The molecule has 1 unspecified atom stereocenters. The minimum Gasteiger partial charge on any atom is -0.493 e. The average molecular weight is 307 g/mol. The van der Waals surface area contributed by atoms with Gasteiger partial charge in [-0.3, -0.25) is 0 Å². The van der Waals surface area contributed by atoms with Crippen LogP contribution in [0.25, 0.3) is 0 Å². The fraction of sp³-hybridized carbons (Fsp3) is 0.333. The Morgan fingerprint density at radius 1 is 1.22 bits per heavy atom. The molecule has 0 spiro atoms. The van der Waals surface area contributed by atoms with Crippen LogP contribution in [0.4, 0.5) is 0 Å². The lowest BCUT2D eigenvalue weighted by Crippen LogP contribution is -1.93. The molecule has 0 aliphatic carbocycles. The van der Waals surface area contributed by atoms with Crippen LogP contribution in [-0.4, -0.2) is 6.61 Å². The summed E-state index contributed by atoms with van der Waals surface area (Å²) in [6.45, 7) is 4.79. The molecule has 1 aromatic carbocycles. The van der Waals surface area contributed by atoms with Crippen LogP contribution in [0.1, 0.15) is 33.0 Å². The van der Waals surface area contributed by atoms with E-state index in [-0.39, 0.29) is 4.83 Å². The van der Waals surface area contributed by atoms with Gasteiger partial charge in [0, 0.05) is 12.0 Å². The summed E-state index contributed by atoms with van der Waals surface area (Å²) in [5.74, 6) is 2.96. The molecule has 0 fully saturated rings. The highest BCUT2D eigenvalue weighted by molar-refractivity contribution is 9.09. The lowest BCUT2D eigenvalue weighted by molar-refractivity contribution is 0.357. The van der Waals surface area contributed by atoms with Gasteiger partial charge in [0.15, 0.2) is 0 Å². The van der Waals surface area contributed by atoms with E-state index in [4.69, 9.17) is 9.15 Å². The number of hydrogen-bond donors (Lipinski definition) is 0. The van der Waals surface area contributed by atoms with Crippen LogP contribution in [0, 0.1) is 13.8 Å². The van der Waals surface area contributed by atoms with Gasteiger partial charge in [-0.15, -0.1) is 0 Å². The summed E-state index contributed by atoms with van der Waals surface area (Å²) in [6, 6.07) is 8.50. The van der Waals surface area contributed by atoms with Gasteiger partial charge in [-0.25, -0.2) is 0 Å². The number of benzene rings is 1. The smallest absolute Gasteiger partial charge is 0.122 e. The van der Waals surface area contributed by atoms with Gasteiger partial charge < -0.3 is 9.15 Å². The van der Waals surface area contributed by atoms with Crippen LogP contribution >= 0.6 is 15.9 Å². The van der Waals surface area contributed by atoms with Crippen molar-refractivity contribution in [2.45, 2.75) is 25.1 Å². The van der Waals surface area contributed by atoms with Gasteiger partial charge in [-0.2, -0.15) is 0 Å². The maximum absolute atomic E-state index is 5.60. The topological polar surface area (TPSA) is 22.4 Å². The molecule has 2 aromatic rings. The molecular formula is C15H15BrO2. The largest absolute Gasteiger partial charge is 0.493 e. The number of ether oxygens (including phenoxy) is 1. The monoisotopic (exact) mass is 306 g/mol. The Balaban J connectivity index is 1.97. The molecule has 0 saturated heterocycles. The Labute approximate surface area is 115 Å². The van der Waals surface area contributed by atoms with Gasteiger partial charge in [0.25, 0.3) is 0 Å². The van der Waals surface area contributed by atoms with Crippen LogP contribution in [0.5, 0.6) is 5.75 Å². The first-order valence-corrected chi connectivity index (χ1v) is 7.03. The number of rotatable bonds is 2. The number of furan rings is 1. The van der Waals surface area contributed by atoms with E-state index < -0.39 is 0 Å². The molecule has 0 bridgehead atoms. The van der Waals surface area contributed by atoms with Crippen molar-refractivity contribution in [2.75, 3.05) is 6.61 Å². The number of hydrogen-bond acceptors (Lipinski definition) is 2. The van der Waals surface area contributed by atoms with Crippen molar-refractivity contribution in [1.82, 2.24) is 0 Å². The number of alkyl halides is 1. The molecule has 1 atom stereocenters. The van der Waals surface area contributed by atoms with Crippen molar-refractivity contribution in [2.24, 2.45) is 0 Å². The van der Waals surface area contributed by atoms with Crippen molar-refractivity contribution in [1.29, 1.82) is 0 Å². The minimum absolute atomic E-state index is 0.181. The van der Waals surface area contributed by atoms with Gasteiger partial charge in [0.05, 0.1) is 11.4 Å². The maximum Gasteiger partial charge on any atom is 0.122 e. The van der Waals surface area contributed by atoms with Gasteiger partial charge in [0.2, 0.25) is 0 Å². The van der Waals surface area contributed by atoms with E-state index in [0.717, 1.165) is 30.3 Å². The van der Waals surface area contributed by atoms with E-state index in [1.807, 2.05) is 13.8 Å². The molecule has 18 heavy (non-hydrogen) atoms. The zero-order valence-corrected chi connectivity index (χ0v) is 12.1. The van der Waals surface area contributed by atoms with E-state index in [1.165, 1.54) is 16.7 Å². The highest BCUT2D eigenvalue weighted by Crippen LogP contribution is 2.37. The van der Waals surface area contributed by atoms with Crippen LogP contribution < -0.4 is 4.74 Å². The third-order valence-corrected chi connectivity index (χ3v) is 4.38. The first kappa shape index (κ1) is 11.8. The summed E-state index contributed by atoms with van der Waals surface area (Å²) >= 11 is 3.77. The second kappa shape index (κ2) is 4.47. The first-order valence-electron chi connectivity index (χ1n) is 6.12. The fourth-order valence-corrected chi connectivity index (χ4v) is 3.19. The Bertz CT molecular complexity index is 586. The van der Waals surface area contributed by atoms with E-state index in [0.29, 0.717) is 0 Å². The summed E-state index contributed by atoms with van der Waals surface area (Å²) in [5, 5.41) is 0. The summed E-state index contributed by atoms with van der Waals surface area (Å²) in [4.78, 5) is 0.181. The van der Waals surface area contributed by atoms with Crippen molar-refractivity contribution in [3.8, 4) is 5.75 Å². The summed E-state index contributed by atoms with van der Waals surface area (Å²) < 4.78 is 11.1. The lowest BCUT2D eigenvalue weighted by atomic mass is 10.0. The molecular weight excluding hydrogens is 292 g/mol. The van der Waals surface area contributed by atoms with Crippen LogP contribution in [-0.2, 0) is 6.42 Å². The normalized spacial score (nSPS) is 15.3. The Morgan fingerprint density at radius 3 is 2.78 bits per heavy atom. The Kier molecular flexibility index (Phi) is 2.94. The van der Waals surface area contributed by atoms with Crippen LogP contribution in [0.2, 0.25) is 0 Å². The lowest BCUT2D eigenvalue weighted by Gasteiger charge is -2.10. The van der Waals surface area contributed by atoms with Gasteiger partial charge in [0.1, 0.15) is 17.3 Å². The molecule has 0 amide bonds. The number of halogens is 1. The predicted octanol–water partition coefficient (Wildman–Crippen LogP) is 4.32. The number of aryl methyl sites for hydroxylation is 2. The molecule has 3 heteroatoms. The number of fused-ring (bicyclic) bond motifs is 1. The van der Waals surface area contributed by atoms with Gasteiger partial charge in [-0.05, 0) is 37.1 Å². The molecule has 1 aromatic heterocycles. The predicted molar refractivity (Wildman–Crippen MR) is 74.6 cm³/mol. The third-order valence-electron chi connectivity index (χ3n) is 3.36. The molecule has 0 saturated carbocycles. The summed E-state index contributed by atoms with van der Waals surface area (Å²) in [5.41, 5.74) is 3.75. The Morgan fingerprint density at radius 2 is 2.06 bits per heavy atom. The fourth-order valence-electron chi connectivity index (χ4n) is 2.45. The van der Waals surface area contributed by atoms with Gasteiger partial charge in [-0.1, -0.05) is 28.1 Å². The Hall–Kier alpha value is -1.22. The van der Waals surface area contributed by atoms with E-state index in [9.17, 15) is 0 Å². The first-order chi connectivity index (χ1) is 8.65. The molecule has 1 aliphatic heterocycles. The summed E-state index contributed by atoms with van der Waals surface area (Å²) in [7, 11) is 0. The standard InChI is InChI=1S/C15H15BrO2/c1-9-7-13(10(2)18-9)15(16)12-3-4-14-11(8-12)5-6-17-14/h3-4,7-8,15H,5-6H2,1-2H3. The maximum atomic E-state index is 5.60. The second-order valence-corrected chi connectivity index (χ2v) is 5.61. The van der Waals surface area contributed by atoms with Crippen LogP contribution in [0.3, 0.4) is 0 Å². The quantitative estimate of drug-likeness (QED) is 0.771. The van der Waals surface area contributed by atoms with Crippen molar-refractivity contribution >= 4 is 15.9 Å². The molecule has 0 N–H and O–H groups in total. The zero-order chi connectivity index (χ0) is 12.7. The zero-order valence-electron chi connectivity index (χ0n) is 10.5. The summed E-state index contributed by atoms with van der Waals surface area (Å²) in [6.07, 6.45) is 1.01. The average Bonchev–Trinajstić information content (AvgIpc) is 2.93. The van der Waals surface area contributed by atoms with Crippen molar-refractivity contribution in [3.05, 3.63) is 52.5 Å². The van der Waals surface area contributed by atoms with E-state index >= 15 is 0 Å². The molecule has 2 nitrogen and oxygen atoms in total. The van der Waals surface area contributed by atoms with Gasteiger partial charge >= 0.3 is 0 Å². The van der Waals surface area contributed by atoms with E-state index in [1.54, 1.807) is 0 Å². The highest BCUT2D eigenvalue weighted by atomic mass is 79.9. The third kappa shape index (κ3) is 1.97. The van der Waals surface area contributed by atoms with Crippen molar-refractivity contribution < 1.29 is 9.15 Å². The highest BCUT2D eigenvalue weighted by Gasteiger charge is 2.19. The second-order valence-electron chi connectivity index (χ2n) is 4.70. The molecule has 1 aliphatic rings. The SMILES string of the molecule is Cc1cc(C(Br)c2ccc3c(c2)CCO3)c(C)o1. The molecule has 2 heterocycles. The van der Waals surface area contributed by atoms with Crippen molar-refractivity contribution in [3.63, 3.8) is 0 Å². The minimum atomic E-state index is 0.181. The molecule has 3 rings (SSSR count). The van der Waals surface area contributed by atoms with Crippen LogP contribution in [0.15, 0.2) is 28.7 Å².